The third kappa shape index (κ3) is 0.853. The van der Waals surface area contributed by atoms with Crippen molar-refractivity contribution in [2.24, 2.45) is 0 Å². The van der Waals surface area contributed by atoms with Crippen LogP contribution in [0.25, 0.3) is 0 Å². The Labute approximate surface area is 59.8 Å². The standard InChI is InChI=1S/C5H9NO3S/c7-10(8)4-5-3-6(10)1-2-9-5/h5H,1-4H2. The molecule has 2 atom stereocenters. The van der Waals surface area contributed by atoms with Gasteiger partial charge in [-0.3, -0.25) is 0 Å². The topological polar surface area (TPSA) is 46.6 Å². The molecule has 2 saturated heterocycles. The van der Waals surface area contributed by atoms with Crippen molar-refractivity contribution in [2.45, 2.75) is 6.10 Å². The predicted molar refractivity (Wildman–Crippen MR) is 35.1 cm³/mol. The Bertz CT molecular complexity index is 235. The highest BCUT2D eigenvalue weighted by atomic mass is 32.2. The van der Waals surface area contributed by atoms with E-state index in [4.69, 9.17) is 4.74 Å². The van der Waals surface area contributed by atoms with Crippen LogP contribution in [0, 0.1) is 0 Å². The predicted octanol–water partition coefficient (Wildman–Crippen LogP) is -0.969. The Morgan fingerprint density at radius 3 is 2.90 bits per heavy atom. The summed E-state index contributed by atoms with van der Waals surface area (Å²) >= 11 is 0. The fourth-order valence-electron chi connectivity index (χ4n) is 1.39. The Hall–Kier alpha value is -0.130. The van der Waals surface area contributed by atoms with Gasteiger partial charge in [0.1, 0.15) is 0 Å². The lowest BCUT2D eigenvalue weighted by Gasteiger charge is -2.19. The summed E-state index contributed by atoms with van der Waals surface area (Å²) in [6.07, 6.45) is -0.0567. The molecule has 2 bridgehead atoms. The highest BCUT2D eigenvalue weighted by Gasteiger charge is 2.39. The minimum absolute atomic E-state index is 0.0567. The van der Waals surface area contributed by atoms with E-state index in [1.54, 1.807) is 0 Å². The van der Waals surface area contributed by atoms with Crippen molar-refractivity contribution in [1.29, 1.82) is 0 Å². The molecule has 0 aromatic rings. The van der Waals surface area contributed by atoms with Gasteiger partial charge in [-0.25, -0.2) is 8.42 Å². The van der Waals surface area contributed by atoms with Crippen LogP contribution < -0.4 is 0 Å². The van der Waals surface area contributed by atoms with Crippen molar-refractivity contribution < 1.29 is 13.2 Å². The number of hydrogen-bond donors (Lipinski definition) is 0. The van der Waals surface area contributed by atoms with Crippen LogP contribution in [0.1, 0.15) is 0 Å². The fourth-order valence-corrected chi connectivity index (χ4v) is 3.01. The van der Waals surface area contributed by atoms with E-state index in [0.29, 0.717) is 19.7 Å². The third-order valence-corrected chi connectivity index (χ3v) is 3.80. The third-order valence-electron chi connectivity index (χ3n) is 1.89. The van der Waals surface area contributed by atoms with Gasteiger partial charge in [0, 0.05) is 13.1 Å². The SMILES string of the molecule is O=S1(=O)CC2CN1CCO2. The van der Waals surface area contributed by atoms with Gasteiger partial charge < -0.3 is 4.74 Å². The van der Waals surface area contributed by atoms with Crippen molar-refractivity contribution in [3.63, 3.8) is 0 Å². The van der Waals surface area contributed by atoms with Gasteiger partial charge in [0.2, 0.25) is 10.0 Å². The number of rotatable bonds is 0. The van der Waals surface area contributed by atoms with Gasteiger partial charge in [0.25, 0.3) is 0 Å². The van der Waals surface area contributed by atoms with Crippen molar-refractivity contribution in [1.82, 2.24) is 4.31 Å². The molecule has 0 saturated carbocycles. The molecule has 58 valence electrons. The summed E-state index contributed by atoms with van der Waals surface area (Å²) in [7, 11) is -2.92. The van der Waals surface area contributed by atoms with Gasteiger partial charge in [0.15, 0.2) is 0 Å². The minimum Gasteiger partial charge on any atom is -0.374 e. The molecule has 0 aromatic heterocycles. The zero-order valence-corrected chi connectivity index (χ0v) is 6.30. The van der Waals surface area contributed by atoms with Crippen LogP contribution >= 0.6 is 0 Å². The maximum absolute atomic E-state index is 11.1. The molecule has 2 aliphatic heterocycles. The zero-order chi connectivity index (χ0) is 7.19. The molecule has 0 amide bonds. The smallest absolute Gasteiger partial charge is 0.216 e. The maximum Gasteiger partial charge on any atom is 0.216 e. The first kappa shape index (κ1) is 6.57. The van der Waals surface area contributed by atoms with Crippen LogP contribution in [-0.2, 0) is 14.8 Å². The van der Waals surface area contributed by atoms with Crippen molar-refractivity contribution in [3.8, 4) is 0 Å². The second-order valence-electron chi connectivity index (χ2n) is 2.63. The maximum atomic E-state index is 11.1. The molecule has 0 spiro atoms. The summed E-state index contributed by atoms with van der Waals surface area (Å²) in [6.45, 7) is 1.67. The summed E-state index contributed by atoms with van der Waals surface area (Å²) in [6, 6.07) is 0. The van der Waals surface area contributed by atoms with Crippen LogP contribution in [0.5, 0.6) is 0 Å². The molecule has 2 unspecified atom stereocenters. The Morgan fingerprint density at radius 1 is 1.50 bits per heavy atom. The molecule has 4 nitrogen and oxygen atoms in total. The van der Waals surface area contributed by atoms with E-state index in [1.165, 1.54) is 4.31 Å². The van der Waals surface area contributed by atoms with Gasteiger partial charge in [-0.2, -0.15) is 4.31 Å². The van der Waals surface area contributed by atoms with E-state index in [9.17, 15) is 8.42 Å². The van der Waals surface area contributed by atoms with Gasteiger partial charge in [0.05, 0.1) is 18.5 Å². The second-order valence-corrected chi connectivity index (χ2v) is 4.64. The van der Waals surface area contributed by atoms with Gasteiger partial charge in [-0.1, -0.05) is 0 Å². The normalized spacial score (nSPS) is 43.6. The quantitative estimate of drug-likeness (QED) is 0.461. The number of sulfonamides is 1. The molecule has 2 rings (SSSR count). The van der Waals surface area contributed by atoms with E-state index in [2.05, 4.69) is 0 Å². The summed E-state index contributed by atoms with van der Waals surface area (Å²) in [5, 5.41) is 0. The molecule has 2 fully saturated rings. The summed E-state index contributed by atoms with van der Waals surface area (Å²) in [4.78, 5) is 0. The van der Waals surface area contributed by atoms with Gasteiger partial charge >= 0.3 is 0 Å². The molecule has 2 heterocycles. The number of ether oxygens (including phenoxy) is 1. The molecule has 0 N–H and O–H groups in total. The molecule has 0 aromatic carbocycles. The Morgan fingerprint density at radius 2 is 2.30 bits per heavy atom. The zero-order valence-electron chi connectivity index (χ0n) is 5.49. The van der Waals surface area contributed by atoms with E-state index in [-0.39, 0.29) is 11.9 Å². The molecule has 5 heteroatoms. The first-order valence-electron chi connectivity index (χ1n) is 3.28. The minimum atomic E-state index is -2.92. The summed E-state index contributed by atoms with van der Waals surface area (Å²) in [5.74, 6) is 0.188. The number of hydrogen-bond acceptors (Lipinski definition) is 3. The van der Waals surface area contributed by atoms with Crippen LogP contribution in [0.3, 0.4) is 0 Å². The Kier molecular flexibility index (Phi) is 1.27. The van der Waals surface area contributed by atoms with E-state index < -0.39 is 10.0 Å². The molecule has 0 aliphatic carbocycles. The van der Waals surface area contributed by atoms with Crippen molar-refractivity contribution >= 4 is 10.0 Å². The lowest BCUT2D eigenvalue weighted by molar-refractivity contribution is 0.0276. The molecular weight excluding hydrogens is 154 g/mol. The van der Waals surface area contributed by atoms with E-state index in [0.717, 1.165) is 0 Å². The number of fused-ring (bicyclic) bond motifs is 2. The highest BCUT2D eigenvalue weighted by Crippen LogP contribution is 2.19. The first-order valence-corrected chi connectivity index (χ1v) is 4.89. The first-order chi connectivity index (χ1) is 4.68. The second kappa shape index (κ2) is 1.93. The molecular formula is C5H9NO3S. The largest absolute Gasteiger partial charge is 0.374 e. The summed E-state index contributed by atoms with van der Waals surface area (Å²) in [5.41, 5.74) is 0. The van der Waals surface area contributed by atoms with Gasteiger partial charge in [-0.15, -0.1) is 0 Å². The Balaban J connectivity index is 2.32. The molecule has 2 aliphatic rings. The average molecular weight is 163 g/mol. The summed E-state index contributed by atoms with van der Waals surface area (Å²) < 4.78 is 28.9. The lowest BCUT2D eigenvalue weighted by atomic mass is 10.3. The van der Waals surface area contributed by atoms with E-state index >= 15 is 0 Å². The van der Waals surface area contributed by atoms with Crippen molar-refractivity contribution in [2.75, 3.05) is 25.4 Å². The van der Waals surface area contributed by atoms with E-state index in [1.807, 2.05) is 0 Å². The highest BCUT2D eigenvalue weighted by molar-refractivity contribution is 7.89. The molecule has 10 heavy (non-hydrogen) atoms. The van der Waals surface area contributed by atoms with Gasteiger partial charge in [-0.05, 0) is 0 Å². The molecule has 0 radical (unpaired) electrons. The number of morpholine rings is 1. The van der Waals surface area contributed by atoms with Crippen molar-refractivity contribution in [3.05, 3.63) is 0 Å². The average Bonchev–Trinajstić information content (AvgIpc) is 2.04. The number of nitrogens with zero attached hydrogens (tertiary/aromatic N) is 1. The fraction of sp³-hybridized carbons (Fsp3) is 1.00. The lowest BCUT2D eigenvalue weighted by Crippen LogP contribution is -2.34. The van der Waals surface area contributed by atoms with Crippen LogP contribution in [0.4, 0.5) is 0 Å². The monoisotopic (exact) mass is 163 g/mol. The van der Waals surface area contributed by atoms with Crippen LogP contribution in [-0.4, -0.2) is 44.3 Å². The van der Waals surface area contributed by atoms with Crippen LogP contribution in [0.2, 0.25) is 0 Å². The van der Waals surface area contributed by atoms with Crippen LogP contribution in [0.15, 0.2) is 0 Å².